The fourth-order valence-electron chi connectivity index (χ4n) is 13.9. The van der Waals surface area contributed by atoms with Crippen LogP contribution < -0.4 is 30.6 Å². The van der Waals surface area contributed by atoms with E-state index in [0.29, 0.717) is 19.3 Å². The second-order valence-corrected chi connectivity index (χ2v) is 62.4. The van der Waals surface area contributed by atoms with Crippen molar-refractivity contribution in [3.63, 3.8) is 0 Å². The predicted molar refractivity (Wildman–Crippen MR) is 621 cm³/mol. The van der Waals surface area contributed by atoms with Crippen LogP contribution in [0.25, 0.3) is 0 Å². The van der Waals surface area contributed by atoms with Crippen LogP contribution in [0.2, 0.25) is 0 Å². The number of carboxylic acid groups (broad SMARTS) is 6. The van der Waals surface area contributed by atoms with Crippen molar-refractivity contribution in [2.24, 2.45) is 35.5 Å². The molecule has 6 fully saturated rings. The summed E-state index contributed by atoms with van der Waals surface area (Å²) in [4.78, 5) is 246. The lowest BCUT2D eigenvalue weighted by Crippen LogP contribution is -2.55. The Hall–Kier alpha value is -0.180. The minimum absolute atomic E-state index is 0.00329. The van der Waals surface area contributed by atoms with E-state index in [-0.39, 0.29) is 107 Å². The van der Waals surface area contributed by atoms with Gasteiger partial charge in [-0.3, -0.25) is 71.9 Å². The topological polar surface area (TPSA) is 635 Å². The predicted octanol–water partition coefficient (Wildman–Crippen LogP) is 7.09. The average molecular weight is 3730 g/mol. The Bertz CT molecular complexity index is 4200. The first-order chi connectivity index (χ1) is 66.0. The highest BCUT2D eigenvalue weighted by Gasteiger charge is 2.51. The molecule has 6 aliphatic rings. The van der Waals surface area contributed by atoms with Crippen LogP contribution in [0.4, 0.5) is 0 Å². The summed E-state index contributed by atoms with van der Waals surface area (Å²) in [5.74, 6) is -22.0. The molecule has 0 radical (unpaired) electrons. The molecule has 0 aromatic carbocycles. The number of carboxylic acids is 6. The van der Waals surface area contributed by atoms with Gasteiger partial charge in [-0.1, -0.05) is 339 Å². The van der Waals surface area contributed by atoms with Crippen molar-refractivity contribution in [2.75, 3.05) is 22.1 Å². The summed E-state index contributed by atoms with van der Waals surface area (Å²) in [5, 5.41) is 68.4. The van der Waals surface area contributed by atoms with E-state index in [9.17, 15) is 131 Å². The van der Waals surface area contributed by atoms with Crippen LogP contribution in [0.15, 0.2) is 0 Å². The second kappa shape index (κ2) is 67.8. The molecule has 0 spiro atoms. The van der Waals surface area contributed by atoms with E-state index in [4.69, 9.17) is 71.1 Å². The molecule has 6 rings (SSSR count). The maximum absolute atomic E-state index is 12.4. The van der Waals surface area contributed by atoms with Gasteiger partial charge in [-0.15, -0.1) is 0 Å². The van der Waals surface area contributed by atoms with E-state index in [1.54, 1.807) is 149 Å². The van der Waals surface area contributed by atoms with Crippen LogP contribution in [0.1, 0.15) is 200 Å². The zero-order valence-corrected chi connectivity index (χ0v) is 112. The van der Waals surface area contributed by atoms with Gasteiger partial charge in [0.2, 0.25) is 0 Å². The Balaban J connectivity index is 0.000000869. The number of rotatable bonds is 36. The van der Waals surface area contributed by atoms with Gasteiger partial charge in [0, 0.05) is 93.4 Å². The molecule has 6 aliphatic carbocycles. The molecule has 0 aromatic heterocycles. The molecular weight excluding hydrogens is 3620 g/mol. The summed E-state index contributed by atoms with van der Waals surface area (Å²) < 4.78 is 74.1. The molecule has 0 amide bonds. The normalized spacial score (nSPS) is 26.7. The Morgan fingerprint density at radius 2 is 0.361 bits per heavy atom. The molecular formula is C87H111I15O42-6. The lowest BCUT2D eigenvalue weighted by Gasteiger charge is -2.42. The number of aliphatic carboxylic acids is 6. The van der Waals surface area contributed by atoms with Gasteiger partial charge < -0.3 is 130 Å². The molecule has 0 aromatic rings. The third-order valence-corrected chi connectivity index (χ3v) is 28.7. The zero-order valence-electron chi connectivity index (χ0n) is 80.0. The molecule has 0 saturated heterocycles. The number of hydrogen-bond donors (Lipinski definition) is 0. The van der Waals surface area contributed by atoms with Crippen molar-refractivity contribution < 1.29 is 202 Å². The maximum Gasteiger partial charge on any atom is 0.321 e. The minimum atomic E-state index is -1.50. The van der Waals surface area contributed by atoms with Gasteiger partial charge in [-0.2, -0.15) is 0 Å². The molecule has 822 valence electrons. The molecule has 17 atom stereocenters. The first kappa shape index (κ1) is 142. The standard InChI is InChI=1S/C19H27I3O8.C16H21I3O8.C15H22I2O6.C13H15I3O8.C13H18I2O6.C11H14I2O6/c1-17(2,20)14(25)28-9-7-10(29-15(26)18(3,4)21)12(13(23)24)11(8-9)30-16(27)19(5,6)22;1-6(17)14(22)25-9-4-10(26-15(23)7(2)18)12(13(20)21)11(5-9)27-16(24)8(3)19;1-14(2,16)12(20)22-9-5-8(11(18)19)6-10(7-9)23-13(21)15(3,4)17;14-3-9(17)22-6-1-7(23-10(18)4-15)12(13(20)21)8(2-6)24-11(19)5-16;1-6(14)12(18)20-9-3-8(11(16)17)4-10(5-9)21-13(19)7(2)15;12-4-9(14)18-7-1-6(11(16)17)2-8(3-7)19-10(15)5-13/h9-12H,7-8H2,1-6H3,(H,23,24);6-12H,4-5H2,1-3H3,(H,20,21);8-10H,5-7H2,1-4H3,(H,18,19);6-8,12H,1-5H2,(H,20,21);6-10H,3-5H2,1-2H3,(H,16,17);6-8H,1-5H2,(H,16,17)/p-6. The summed E-state index contributed by atoms with van der Waals surface area (Å²) in [6.07, 6.45) is -10.3. The van der Waals surface area contributed by atoms with Gasteiger partial charge in [-0.25, -0.2) is 0 Å². The molecule has 0 N–H and O–H groups in total. The van der Waals surface area contributed by atoms with Gasteiger partial charge >= 0.3 is 89.5 Å². The first-order valence-electron chi connectivity index (χ1n) is 43.8. The SMILES string of the molecule is CC(C)(I)C(=O)OC1CC(OC(=O)C(C)(C)I)C(C(=O)[O-])C(OC(=O)C(C)(C)I)C1.CC(C)(I)C(=O)OC1CC(OC(=O)C(C)(C)I)CC(C(=O)[O-])C1.CC(I)C(=O)OC1CC(OC(=O)C(C)I)C(C(=O)[O-])C(OC(=O)C(C)I)C1.CC(I)C(=O)OC1CC(OC(=O)C(C)I)CC(C(=O)[O-])C1.O=C(CI)OC1CC(OC(=O)CI)C(C(=O)[O-])C(OC(=O)CI)C1.O=C(CI)OC1CC(OC(=O)CI)CC(C(=O)[O-])C1. The third kappa shape index (κ3) is 54.2. The van der Waals surface area contributed by atoms with E-state index in [1.165, 1.54) is 0 Å². The number of esters is 15. The summed E-state index contributed by atoms with van der Waals surface area (Å²) >= 11 is 28.2. The first-order valence-corrected chi connectivity index (χ1v) is 63.1. The van der Waals surface area contributed by atoms with Crippen LogP contribution >= 0.6 is 339 Å². The number of carbonyl (C=O) groups is 21. The van der Waals surface area contributed by atoms with Crippen LogP contribution in [-0.4, -0.2) is 276 Å². The highest BCUT2D eigenvalue weighted by atomic mass is 127. The smallest absolute Gasteiger partial charge is 0.321 e. The van der Waals surface area contributed by atoms with E-state index in [1.807, 2.05) is 294 Å². The van der Waals surface area contributed by atoms with E-state index < -0.39 is 281 Å². The Morgan fingerprint density at radius 3 is 0.542 bits per heavy atom. The zero-order chi connectivity index (χ0) is 111. The molecule has 0 bridgehead atoms. The van der Waals surface area contributed by atoms with E-state index in [0.717, 1.165) is 0 Å². The fraction of sp³-hybridized carbons (Fsp3) is 0.759. The molecule has 0 aliphatic heterocycles. The van der Waals surface area contributed by atoms with Crippen LogP contribution in [0.5, 0.6) is 0 Å². The number of alkyl halides is 15. The molecule has 144 heavy (non-hydrogen) atoms. The summed E-state index contributed by atoms with van der Waals surface area (Å²) in [5.41, 5.74) is 0. The highest BCUT2D eigenvalue weighted by Crippen LogP contribution is 2.41. The monoisotopic (exact) mass is 3730 g/mol. The average Bonchev–Trinajstić information content (AvgIpc) is 0.794. The second-order valence-electron chi connectivity index (χ2n) is 35.7. The van der Waals surface area contributed by atoms with Crippen molar-refractivity contribution in [3.8, 4) is 0 Å². The highest BCUT2D eigenvalue weighted by molar-refractivity contribution is 14.1. The quantitative estimate of drug-likeness (QED) is 0.0261. The largest absolute Gasteiger partial charge is 0.550 e. The van der Waals surface area contributed by atoms with Gasteiger partial charge in [0.15, 0.2) is 0 Å². The third-order valence-electron chi connectivity index (χ3n) is 20.8. The van der Waals surface area contributed by atoms with Gasteiger partial charge in [-0.05, 0) is 142 Å². The minimum Gasteiger partial charge on any atom is -0.550 e. The summed E-state index contributed by atoms with van der Waals surface area (Å²) in [6.45, 7) is 24.9. The molecule has 42 nitrogen and oxygen atoms in total. The molecule has 57 heteroatoms. The number of hydrogen-bond acceptors (Lipinski definition) is 42. The Kier molecular flexibility index (Phi) is 66.8. The van der Waals surface area contributed by atoms with Gasteiger partial charge in [0.25, 0.3) is 0 Å². The number of halogens is 15. The van der Waals surface area contributed by atoms with Crippen LogP contribution in [-0.2, 0) is 172 Å². The van der Waals surface area contributed by atoms with Gasteiger partial charge in [0.05, 0.1) is 57.8 Å². The van der Waals surface area contributed by atoms with Crippen molar-refractivity contribution in [3.05, 3.63) is 0 Å². The lowest BCUT2D eigenvalue weighted by molar-refractivity contribution is -0.321. The van der Waals surface area contributed by atoms with Crippen molar-refractivity contribution in [2.45, 2.75) is 328 Å². The van der Waals surface area contributed by atoms with Crippen molar-refractivity contribution in [1.82, 2.24) is 0 Å². The number of ether oxygens (including phenoxy) is 15. The van der Waals surface area contributed by atoms with Crippen LogP contribution in [0, 0.1) is 35.5 Å². The van der Waals surface area contributed by atoms with Crippen LogP contribution in [0.3, 0.4) is 0 Å². The van der Waals surface area contributed by atoms with Crippen molar-refractivity contribution in [1.29, 1.82) is 0 Å². The molecule has 17 unspecified atom stereocenters. The summed E-state index contributed by atoms with van der Waals surface area (Å²) in [6, 6.07) is 0. The Morgan fingerprint density at radius 1 is 0.215 bits per heavy atom. The number of carbonyl (C=O) groups excluding carboxylic acids is 21. The van der Waals surface area contributed by atoms with Crippen molar-refractivity contribution >= 4 is 464 Å². The molecule has 0 heterocycles. The lowest BCUT2D eigenvalue weighted by atomic mass is 9.81. The maximum atomic E-state index is 12.4. The molecule has 6 saturated carbocycles. The van der Waals surface area contributed by atoms with Gasteiger partial charge in [0.1, 0.15) is 128 Å². The van der Waals surface area contributed by atoms with E-state index >= 15 is 0 Å². The Labute approximate surface area is 1040 Å². The summed E-state index contributed by atoms with van der Waals surface area (Å²) in [7, 11) is 0. The van der Waals surface area contributed by atoms with E-state index in [2.05, 4.69) is 0 Å². The fourth-order valence-corrected chi connectivity index (χ4v) is 16.2.